The molecule has 1 rings (SSSR count). The van der Waals surface area contributed by atoms with Crippen molar-refractivity contribution in [3.05, 3.63) is 22.4 Å². The van der Waals surface area contributed by atoms with Gasteiger partial charge in [0.2, 0.25) is 0 Å². The van der Waals surface area contributed by atoms with Crippen LogP contribution in [0.5, 0.6) is 0 Å². The molecular weight excluding hydrogens is 216 g/mol. The van der Waals surface area contributed by atoms with E-state index >= 15 is 0 Å². The normalized spacial score (nSPS) is 12.3. The lowest BCUT2D eigenvalue weighted by molar-refractivity contribution is 0.224. The number of hydrogen-bond donors (Lipinski definition) is 1. The van der Waals surface area contributed by atoms with Gasteiger partial charge in [-0.15, -0.1) is 11.3 Å². The van der Waals surface area contributed by atoms with Gasteiger partial charge in [-0.05, 0) is 42.9 Å². The first-order valence-corrected chi connectivity index (χ1v) is 6.90. The van der Waals surface area contributed by atoms with Crippen LogP contribution >= 0.6 is 11.3 Å². The third-order valence-electron chi connectivity index (χ3n) is 3.06. The zero-order valence-corrected chi connectivity index (χ0v) is 11.5. The Kier molecular flexibility index (Phi) is 5.46. The van der Waals surface area contributed by atoms with Crippen LogP contribution in [-0.2, 0) is 6.54 Å². The summed E-state index contributed by atoms with van der Waals surface area (Å²) in [6, 6.07) is 4.33. The fourth-order valence-electron chi connectivity index (χ4n) is 1.53. The van der Waals surface area contributed by atoms with Gasteiger partial charge in [0.25, 0.3) is 0 Å². The molecule has 0 atom stereocenters. The molecule has 1 aromatic rings. The molecule has 3 heteroatoms. The van der Waals surface area contributed by atoms with Crippen molar-refractivity contribution in [2.75, 3.05) is 19.6 Å². The summed E-state index contributed by atoms with van der Waals surface area (Å²) in [6.07, 6.45) is 1.17. The van der Waals surface area contributed by atoms with Crippen LogP contribution in [0.1, 0.15) is 32.1 Å². The summed E-state index contributed by atoms with van der Waals surface area (Å²) in [6.45, 7) is 10.8. The summed E-state index contributed by atoms with van der Waals surface area (Å²) >= 11 is 1.84. The molecule has 0 fully saturated rings. The molecule has 0 unspecified atom stereocenters. The molecule has 0 spiro atoms. The molecule has 0 aliphatic heterocycles. The summed E-state index contributed by atoms with van der Waals surface area (Å²) < 4.78 is 0. The van der Waals surface area contributed by atoms with Gasteiger partial charge < -0.3 is 5.73 Å². The number of hydrogen-bond acceptors (Lipinski definition) is 3. The summed E-state index contributed by atoms with van der Waals surface area (Å²) in [4.78, 5) is 3.94. The number of nitrogens with zero attached hydrogens (tertiary/aromatic N) is 1. The van der Waals surface area contributed by atoms with Gasteiger partial charge in [0.1, 0.15) is 0 Å². The van der Waals surface area contributed by atoms with E-state index in [-0.39, 0.29) is 5.41 Å². The fraction of sp³-hybridized carbons (Fsp3) is 0.692. The van der Waals surface area contributed by atoms with Crippen molar-refractivity contribution in [1.29, 1.82) is 0 Å². The first-order valence-electron chi connectivity index (χ1n) is 6.02. The van der Waals surface area contributed by atoms with Crippen molar-refractivity contribution in [3.63, 3.8) is 0 Å². The molecule has 1 heterocycles. The molecular formula is C13H24N2S. The van der Waals surface area contributed by atoms with Crippen molar-refractivity contribution in [2.45, 2.75) is 33.7 Å². The van der Waals surface area contributed by atoms with Crippen molar-refractivity contribution >= 4 is 11.3 Å². The van der Waals surface area contributed by atoms with Crippen molar-refractivity contribution in [1.82, 2.24) is 4.90 Å². The molecule has 2 nitrogen and oxygen atoms in total. The Morgan fingerprint density at radius 3 is 2.69 bits per heavy atom. The van der Waals surface area contributed by atoms with Crippen LogP contribution < -0.4 is 5.73 Å². The second-order valence-electron chi connectivity index (χ2n) is 5.07. The molecule has 2 N–H and O–H groups in total. The van der Waals surface area contributed by atoms with E-state index in [4.69, 9.17) is 5.73 Å². The van der Waals surface area contributed by atoms with Gasteiger partial charge in [0, 0.05) is 11.4 Å². The van der Waals surface area contributed by atoms with Gasteiger partial charge in [0.05, 0.1) is 0 Å². The van der Waals surface area contributed by atoms with Crippen LogP contribution in [0, 0.1) is 5.41 Å². The Morgan fingerprint density at radius 1 is 1.44 bits per heavy atom. The summed E-state index contributed by atoms with van der Waals surface area (Å²) in [7, 11) is 0. The molecule has 1 aromatic heterocycles. The number of nitrogens with two attached hydrogens (primary N) is 1. The molecule has 0 bridgehead atoms. The molecule has 0 aromatic carbocycles. The van der Waals surface area contributed by atoms with Gasteiger partial charge in [-0.3, -0.25) is 4.90 Å². The van der Waals surface area contributed by atoms with E-state index in [0.29, 0.717) is 0 Å². The Labute approximate surface area is 103 Å². The fourth-order valence-corrected chi connectivity index (χ4v) is 2.28. The molecule has 0 saturated carbocycles. The smallest absolute Gasteiger partial charge is 0.0327 e. The van der Waals surface area contributed by atoms with Crippen molar-refractivity contribution < 1.29 is 0 Å². The molecule has 16 heavy (non-hydrogen) atoms. The maximum atomic E-state index is 5.75. The first-order chi connectivity index (χ1) is 7.57. The SMILES string of the molecule is CCN(CCC(C)(C)CN)Cc1cccs1. The van der Waals surface area contributed by atoms with Crippen molar-refractivity contribution in [2.24, 2.45) is 11.1 Å². The second kappa shape index (κ2) is 6.38. The highest BCUT2D eigenvalue weighted by molar-refractivity contribution is 7.09. The number of rotatable bonds is 7. The Bertz CT molecular complexity index is 280. The molecule has 0 amide bonds. The quantitative estimate of drug-likeness (QED) is 0.794. The van der Waals surface area contributed by atoms with Gasteiger partial charge in [-0.1, -0.05) is 26.8 Å². The maximum Gasteiger partial charge on any atom is 0.0327 e. The van der Waals surface area contributed by atoms with E-state index in [2.05, 4.69) is 43.2 Å². The average molecular weight is 240 g/mol. The lowest BCUT2D eigenvalue weighted by atomic mass is 9.89. The van der Waals surface area contributed by atoms with Crippen LogP contribution in [0.15, 0.2) is 17.5 Å². The van der Waals surface area contributed by atoms with Gasteiger partial charge in [-0.25, -0.2) is 0 Å². The zero-order chi connectivity index (χ0) is 12.0. The third kappa shape index (κ3) is 4.64. The van der Waals surface area contributed by atoms with Crippen LogP contribution in [0.4, 0.5) is 0 Å². The first kappa shape index (κ1) is 13.7. The van der Waals surface area contributed by atoms with Crippen LogP contribution in [0.2, 0.25) is 0 Å². The molecule has 0 saturated heterocycles. The lowest BCUT2D eigenvalue weighted by Gasteiger charge is -2.27. The Hall–Kier alpha value is -0.380. The maximum absolute atomic E-state index is 5.75. The van der Waals surface area contributed by atoms with Crippen molar-refractivity contribution in [3.8, 4) is 0 Å². The zero-order valence-electron chi connectivity index (χ0n) is 10.7. The van der Waals surface area contributed by atoms with E-state index < -0.39 is 0 Å². The molecule has 0 aliphatic rings. The van der Waals surface area contributed by atoms with E-state index in [1.165, 1.54) is 11.3 Å². The third-order valence-corrected chi connectivity index (χ3v) is 3.93. The molecule has 0 radical (unpaired) electrons. The van der Waals surface area contributed by atoms with E-state index in [0.717, 1.165) is 26.2 Å². The van der Waals surface area contributed by atoms with Gasteiger partial charge in [-0.2, -0.15) is 0 Å². The molecule has 92 valence electrons. The average Bonchev–Trinajstić information content (AvgIpc) is 2.77. The standard InChI is InChI=1S/C13H24N2S/c1-4-15(8-7-13(2,3)11-14)10-12-6-5-9-16-12/h5-6,9H,4,7-8,10-11,14H2,1-3H3. The summed E-state index contributed by atoms with van der Waals surface area (Å²) in [5.74, 6) is 0. The predicted molar refractivity (Wildman–Crippen MR) is 72.7 cm³/mol. The number of thiophene rings is 1. The van der Waals surface area contributed by atoms with Gasteiger partial charge >= 0.3 is 0 Å². The Morgan fingerprint density at radius 2 is 2.19 bits per heavy atom. The molecule has 0 aliphatic carbocycles. The van der Waals surface area contributed by atoms with Gasteiger partial charge in [0.15, 0.2) is 0 Å². The summed E-state index contributed by atoms with van der Waals surface area (Å²) in [5, 5.41) is 2.15. The topological polar surface area (TPSA) is 29.3 Å². The monoisotopic (exact) mass is 240 g/mol. The highest BCUT2D eigenvalue weighted by Gasteiger charge is 2.16. The lowest BCUT2D eigenvalue weighted by Crippen LogP contribution is -2.31. The highest BCUT2D eigenvalue weighted by atomic mass is 32.1. The minimum Gasteiger partial charge on any atom is -0.330 e. The largest absolute Gasteiger partial charge is 0.330 e. The highest BCUT2D eigenvalue weighted by Crippen LogP contribution is 2.19. The minimum atomic E-state index is 0.267. The van der Waals surface area contributed by atoms with Crippen LogP contribution in [-0.4, -0.2) is 24.5 Å². The van der Waals surface area contributed by atoms with E-state index in [9.17, 15) is 0 Å². The van der Waals surface area contributed by atoms with Crippen LogP contribution in [0.3, 0.4) is 0 Å². The van der Waals surface area contributed by atoms with E-state index in [1.807, 2.05) is 11.3 Å². The summed E-state index contributed by atoms with van der Waals surface area (Å²) in [5.41, 5.74) is 6.02. The van der Waals surface area contributed by atoms with E-state index in [1.54, 1.807) is 0 Å². The second-order valence-corrected chi connectivity index (χ2v) is 6.10. The predicted octanol–water partition coefficient (Wildman–Crippen LogP) is 2.95. The Balaban J connectivity index is 2.38. The van der Waals surface area contributed by atoms with Crippen LogP contribution in [0.25, 0.3) is 0 Å². The minimum absolute atomic E-state index is 0.267.